The second-order valence-electron chi connectivity index (χ2n) is 12.7. The summed E-state index contributed by atoms with van der Waals surface area (Å²) in [6, 6.07) is 10.6. The number of allylic oxidation sites excluding steroid dienone is 4. The predicted molar refractivity (Wildman–Crippen MR) is 178 cm³/mol. The van der Waals surface area contributed by atoms with Gasteiger partial charge in [-0.15, -0.1) is 0 Å². The van der Waals surface area contributed by atoms with E-state index in [0.717, 1.165) is 41.5 Å². The van der Waals surface area contributed by atoms with Crippen molar-refractivity contribution >= 4 is 62.7 Å². The summed E-state index contributed by atoms with van der Waals surface area (Å²) in [6.07, 6.45) is 9.93. The van der Waals surface area contributed by atoms with E-state index >= 15 is 0 Å². The lowest BCUT2D eigenvalue weighted by molar-refractivity contribution is -0.135. The summed E-state index contributed by atoms with van der Waals surface area (Å²) in [5.41, 5.74) is 1.01. The fourth-order valence-corrected chi connectivity index (χ4v) is 8.75. The van der Waals surface area contributed by atoms with Gasteiger partial charge < -0.3 is 25.2 Å². The summed E-state index contributed by atoms with van der Waals surface area (Å²) in [6.45, 7) is 2.90. The molecule has 1 unspecified atom stereocenters. The Morgan fingerprint density at radius 1 is 0.978 bits per heavy atom. The molecular formula is C34H35BrCl2N4O4. The number of halogens is 3. The van der Waals surface area contributed by atoms with Gasteiger partial charge in [0.15, 0.2) is 0 Å². The third kappa shape index (κ3) is 5.55. The van der Waals surface area contributed by atoms with Crippen molar-refractivity contribution in [2.45, 2.75) is 56.1 Å². The molecule has 0 aromatic heterocycles. The van der Waals surface area contributed by atoms with E-state index in [0.29, 0.717) is 53.8 Å². The molecule has 4 atom stereocenters. The van der Waals surface area contributed by atoms with Crippen molar-refractivity contribution in [3.63, 3.8) is 0 Å². The van der Waals surface area contributed by atoms with Crippen molar-refractivity contribution in [3.8, 4) is 5.75 Å². The average molecular weight is 714 g/mol. The standard InChI is InChI=1S/C34H35BrCl2N4O4/c35-21-6-9-29(45-24-10-14-41(15-11-24)33(44)40-12-1-2-13-40)25(17-21)31-34(26-8-7-23(37)18-28(26)38-32(34)43)27(19-30(42)39-31)20-4-3-5-22(36)16-20/h3-9,17-18,20,24,27,31H,1-2,10-16,19H2,(H,38,43)(H,39,42)/t20?,27-,31+,34-/m0/s1. The van der Waals surface area contributed by atoms with Crippen LogP contribution in [0.2, 0.25) is 5.02 Å². The van der Waals surface area contributed by atoms with Crippen LogP contribution in [0.25, 0.3) is 0 Å². The van der Waals surface area contributed by atoms with Crippen LogP contribution in [0.4, 0.5) is 10.5 Å². The smallest absolute Gasteiger partial charge is 0.320 e. The summed E-state index contributed by atoms with van der Waals surface area (Å²) in [4.78, 5) is 44.9. The number of likely N-dealkylation sites (tertiary alicyclic amines) is 2. The fraction of sp³-hybridized carbons (Fsp3) is 0.441. The molecule has 2 aromatic rings. The minimum absolute atomic E-state index is 0.117. The first kappa shape index (κ1) is 30.6. The number of amides is 4. The van der Waals surface area contributed by atoms with Crippen LogP contribution in [0, 0.1) is 11.8 Å². The van der Waals surface area contributed by atoms with Gasteiger partial charge in [0.1, 0.15) is 17.3 Å². The number of hydrogen-bond donors (Lipinski definition) is 2. The molecule has 2 aromatic carbocycles. The molecule has 4 amide bonds. The van der Waals surface area contributed by atoms with Gasteiger partial charge in [-0.3, -0.25) is 9.59 Å². The quantitative estimate of drug-likeness (QED) is 0.360. The zero-order valence-electron chi connectivity index (χ0n) is 24.7. The van der Waals surface area contributed by atoms with Crippen LogP contribution in [0.15, 0.2) is 64.1 Å². The maximum atomic E-state index is 14.5. The number of fused-ring (bicyclic) bond motifs is 2. The molecule has 4 heterocycles. The minimum atomic E-state index is -1.15. The molecule has 0 bridgehead atoms. The molecule has 5 aliphatic rings. The first-order valence-electron chi connectivity index (χ1n) is 15.7. The third-order valence-corrected chi connectivity index (χ3v) is 11.1. The second kappa shape index (κ2) is 12.3. The Morgan fingerprint density at radius 2 is 1.73 bits per heavy atom. The van der Waals surface area contributed by atoms with E-state index < -0.39 is 11.5 Å². The molecule has 4 aliphatic heterocycles. The molecule has 7 rings (SSSR count). The number of nitrogens with one attached hydrogen (secondary N) is 2. The number of hydrogen-bond acceptors (Lipinski definition) is 4. The first-order chi connectivity index (χ1) is 21.7. The van der Waals surface area contributed by atoms with Crippen molar-refractivity contribution in [2.24, 2.45) is 11.8 Å². The van der Waals surface area contributed by atoms with Crippen LogP contribution in [0.5, 0.6) is 5.75 Å². The fourth-order valence-electron chi connectivity index (χ4n) is 7.95. The van der Waals surface area contributed by atoms with Crippen molar-refractivity contribution in [3.05, 3.63) is 80.3 Å². The summed E-state index contributed by atoms with van der Waals surface area (Å²) in [7, 11) is 0. The monoisotopic (exact) mass is 712 g/mol. The van der Waals surface area contributed by atoms with E-state index in [-0.39, 0.29) is 42.2 Å². The highest BCUT2D eigenvalue weighted by Crippen LogP contribution is 2.58. The Labute approximate surface area is 281 Å². The molecule has 1 aliphatic carbocycles. The number of rotatable bonds is 4. The molecule has 45 heavy (non-hydrogen) atoms. The van der Waals surface area contributed by atoms with Crippen LogP contribution in [0.1, 0.15) is 55.7 Å². The predicted octanol–water partition coefficient (Wildman–Crippen LogP) is 6.93. The largest absolute Gasteiger partial charge is 0.490 e. The normalized spacial score (nSPS) is 28.2. The lowest BCUT2D eigenvalue weighted by Gasteiger charge is -2.49. The highest BCUT2D eigenvalue weighted by molar-refractivity contribution is 9.10. The van der Waals surface area contributed by atoms with Gasteiger partial charge in [-0.2, -0.15) is 0 Å². The molecule has 2 N–H and O–H groups in total. The Morgan fingerprint density at radius 3 is 2.49 bits per heavy atom. The summed E-state index contributed by atoms with van der Waals surface area (Å²) < 4.78 is 7.51. The van der Waals surface area contributed by atoms with Gasteiger partial charge in [-0.05, 0) is 73.1 Å². The Bertz CT molecular complexity index is 1600. The van der Waals surface area contributed by atoms with E-state index in [4.69, 9.17) is 27.9 Å². The molecule has 3 fully saturated rings. The second-order valence-corrected chi connectivity index (χ2v) is 14.5. The Kier molecular flexibility index (Phi) is 8.38. The Balaban J connectivity index is 1.25. The van der Waals surface area contributed by atoms with Crippen LogP contribution >= 0.6 is 39.1 Å². The average Bonchev–Trinajstić information content (AvgIpc) is 3.66. The van der Waals surface area contributed by atoms with E-state index in [2.05, 4.69) is 32.6 Å². The summed E-state index contributed by atoms with van der Waals surface area (Å²) in [5, 5.41) is 7.54. The van der Waals surface area contributed by atoms with Gasteiger partial charge in [-0.25, -0.2) is 4.79 Å². The summed E-state index contributed by atoms with van der Waals surface area (Å²) >= 11 is 16.6. The molecule has 0 radical (unpaired) electrons. The van der Waals surface area contributed by atoms with Crippen molar-refractivity contribution in [1.82, 2.24) is 15.1 Å². The summed E-state index contributed by atoms with van der Waals surface area (Å²) in [5.74, 6) is -0.236. The zero-order valence-corrected chi connectivity index (χ0v) is 27.8. The van der Waals surface area contributed by atoms with Crippen LogP contribution in [-0.2, 0) is 15.0 Å². The lowest BCUT2D eigenvalue weighted by Crippen LogP contribution is -2.59. The number of piperidine rings is 2. The number of anilines is 1. The molecular weight excluding hydrogens is 679 g/mol. The molecule has 236 valence electrons. The number of urea groups is 1. The van der Waals surface area contributed by atoms with E-state index in [1.807, 2.05) is 46.2 Å². The number of nitrogens with zero attached hydrogens (tertiary/aromatic N) is 2. The zero-order chi connectivity index (χ0) is 31.3. The van der Waals surface area contributed by atoms with Gasteiger partial charge in [0.25, 0.3) is 0 Å². The van der Waals surface area contributed by atoms with Crippen molar-refractivity contribution < 1.29 is 19.1 Å². The number of carbonyl (C=O) groups excluding carboxylic acids is 3. The van der Waals surface area contributed by atoms with E-state index in [1.165, 1.54) is 0 Å². The first-order valence-corrected chi connectivity index (χ1v) is 17.2. The van der Waals surface area contributed by atoms with Gasteiger partial charge >= 0.3 is 6.03 Å². The van der Waals surface area contributed by atoms with Crippen LogP contribution in [0.3, 0.4) is 0 Å². The molecule has 1 spiro atoms. The Hall–Kier alpha value is -3.01. The van der Waals surface area contributed by atoms with Gasteiger partial charge in [0.2, 0.25) is 11.8 Å². The topological polar surface area (TPSA) is 91.0 Å². The number of benzene rings is 2. The van der Waals surface area contributed by atoms with Gasteiger partial charge in [0.05, 0.1) is 6.04 Å². The van der Waals surface area contributed by atoms with Crippen molar-refractivity contribution in [1.29, 1.82) is 0 Å². The highest BCUT2D eigenvalue weighted by atomic mass is 79.9. The van der Waals surface area contributed by atoms with Crippen LogP contribution in [-0.4, -0.2) is 59.9 Å². The number of ether oxygens (including phenoxy) is 1. The maximum absolute atomic E-state index is 14.5. The SMILES string of the molecule is O=C1C[C@@H](C2C=CC=C(Cl)C2)[C@]2(C(=O)Nc3cc(Cl)ccc32)[C@@H](c2cc(Br)ccc2OC2CCN(C(=O)N3CCCC3)CC2)N1. The number of carbonyl (C=O) groups is 3. The van der Waals surface area contributed by atoms with E-state index in [1.54, 1.807) is 12.1 Å². The molecule has 3 saturated heterocycles. The van der Waals surface area contributed by atoms with Gasteiger partial charge in [0, 0.05) is 71.2 Å². The van der Waals surface area contributed by atoms with Gasteiger partial charge in [-0.1, -0.05) is 57.4 Å². The van der Waals surface area contributed by atoms with Crippen molar-refractivity contribution in [2.75, 3.05) is 31.5 Å². The highest BCUT2D eigenvalue weighted by Gasteiger charge is 2.62. The molecule has 11 heteroatoms. The minimum Gasteiger partial charge on any atom is -0.490 e. The lowest BCUT2D eigenvalue weighted by atomic mass is 9.57. The van der Waals surface area contributed by atoms with E-state index in [9.17, 15) is 14.4 Å². The molecule has 0 saturated carbocycles. The molecule has 8 nitrogen and oxygen atoms in total. The third-order valence-electron chi connectivity index (χ3n) is 10.1. The van der Waals surface area contributed by atoms with Crippen LogP contribution < -0.4 is 15.4 Å². The maximum Gasteiger partial charge on any atom is 0.320 e.